The normalized spacial score (nSPS) is 15.8. The highest BCUT2D eigenvalue weighted by Gasteiger charge is 2.28. The Balaban J connectivity index is 1.43. The van der Waals surface area contributed by atoms with Crippen LogP contribution in [0, 0.1) is 0 Å². The van der Waals surface area contributed by atoms with Crippen LogP contribution in [0.15, 0.2) is 66.7 Å². The zero-order valence-electron chi connectivity index (χ0n) is 14.8. The topological polar surface area (TPSA) is 66.5 Å². The van der Waals surface area contributed by atoms with Gasteiger partial charge in [-0.25, -0.2) is 8.42 Å². The number of hydrogen-bond donors (Lipinski definition) is 1. The number of amides is 1. The fourth-order valence-corrected chi connectivity index (χ4v) is 4.91. The first-order valence-corrected chi connectivity index (χ1v) is 10.5. The predicted molar refractivity (Wildman–Crippen MR) is 107 cm³/mol. The molecule has 1 aliphatic heterocycles. The molecular formula is C21H20N2O3S. The van der Waals surface area contributed by atoms with Crippen LogP contribution >= 0.6 is 0 Å². The maximum Gasteiger partial charge on any atom is 0.251 e. The van der Waals surface area contributed by atoms with E-state index >= 15 is 0 Å². The Morgan fingerprint density at radius 3 is 2.41 bits per heavy atom. The largest absolute Gasteiger partial charge is 0.348 e. The second kappa shape index (κ2) is 7.04. The van der Waals surface area contributed by atoms with Crippen LogP contribution in [0.4, 0.5) is 5.69 Å². The third-order valence-corrected chi connectivity index (χ3v) is 6.65. The van der Waals surface area contributed by atoms with Crippen molar-refractivity contribution < 1.29 is 13.2 Å². The Morgan fingerprint density at radius 1 is 0.963 bits per heavy atom. The van der Waals surface area contributed by atoms with Crippen molar-refractivity contribution in [1.82, 2.24) is 5.32 Å². The lowest BCUT2D eigenvalue weighted by molar-refractivity contribution is 0.0951. The number of anilines is 1. The first-order chi connectivity index (χ1) is 13.0. The zero-order valence-corrected chi connectivity index (χ0v) is 15.6. The van der Waals surface area contributed by atoms with Gasteiger partial charge in [0.25, 0.3) is 5.91 Å². The van der Waals surface area contributed by atoms with E-state index < -0.39 is 10.0 Å². The summed E-state index contributed by atoms with van der Waals surface area (Å²) in [6.07, 6.45) is 0.635. The number of rotatable bonds is 4. The number of nitrogens with zero attached hydrogens (tertiary/aromatic N) is 1. The summed E-state index contributed by atoms with van der Waals surface area (Å²) in [7, 11) is -3.20. The number of carbonyl (C=O) groups is 1. The molecule has 1 aliphatic rings. The maximum absolute atomic E-state index is 12.4. The number of nitrogens with one attached hydrogen (secondary N) is 1. The molecule has 3 aromatic rings. The molecule has 1 heterocycles. The average Bonchev–Trinajstić information content (AvgIpc) is 3.05. The van der Waals surface area contributed by atoms with Gasteiger partial charge in [-0.05, 0) is 53.1 Å². The standard InChI is InChI=1S/C21H20N2O3S/c24-21(22-15-16-6-7-17-4-1-2-5-19(17)14-16)18-8-10-20(11-9-18)23-12-3-13-27(23,25)26/h1-2,4-11,14H,3,12-13,15H2,(H,22,24). The van der Waals surface area contributed by atoms with Crippen LogP contribution in [0.3, 0.4) is 0 Å². The minimum Gasteiger partial charge on any atom is -0.348 e. The molecule has 0 aliphatic carbocycles. The lowest BCUT2D eigenvalue weighted by atomic mass is 10.1. The Bertz CT molecular complexity index is 1090. The molecule has 1 amide bonds. The van der Waals surface area contributed by atoms with Crippen LogP contribution in [0.5, 0.6) is 0 Å². The van der Waals surface area contributed by atoms with Crippen molar-refractivity contribution in [3.8, 4) is 0 Å². The molecule has 27 heavy (non-hydrogen) atoms. The summed E-state index contributed by atoms with van der Waals surface area (Å²) < 4.78 is 25.4. The Morgan fingerprint density at radius 2 is 1.70 bits per heavy atom. The lowest BCUT2D eigenvalue weighted by Gasteiger charge is -2.17. The third-order valence-electron chi connectivity index (χ3n) is 4.78. The molecule has 3 aromatic carbocycles. The molecule has 0 spiro atoms. The highest BCUT2D eigenvalue weighted by Crippen LogP contribution is 2.24. The molecule has 4 rings (SSSR count). The van der Waals surface area contributed by atoms with E-state index in [9.17, 15) is 13.2 Å². The molecule has 6 heteroatoms. The van der Waals surface area contributed by atoms with E-state index in [1.165, 1.54) is 9.69 Å². The van der Waals surface area contributed by atoms with E-state index in [-0.39, 0.29) is 11.7 Å². The molecule has 0 aromatic heterocycles. The van der Waals surface area contributed by atoms with Gasteiger partial charge < -0.3 is 5.32 Å². The van der Waals surface area contributed by atoms with Crippen LogP contribution in [-0.4, -0.2) is 26.6 Å². The lowest BCUT2D eigenvalue weighted by Crippen LogP contribution is -2.25. The van der Waals surface area contributed by atoms with E-state index in [1.54, 1.807) is 24.3 Å². The van der Waals surface area contributed by atoms with Crippen LogP contribution in [-0.2, 0) is 16.6 Å². The Kier molecular flexibility index (Phi) is 4.58. The highest BCUT2D eigenvalue weighted by molar-refractivity contribution is 7.93. The molecule has 0 radical (unpaired) electrons. The van der Waals surface area contributed by atoms with Crippen molar-refractivity contribution in [2.45, 2.75) is 13.0 Å². The molecule has 1 saturated heterocycles. The number of hydrogen-bond acceptors (Lipinski definition) is 3. The molecule has 5 nitrogen and oxygen atoms in total. The fourth-order valence-electron chi connectivity index (χ4n) is 3.34. The molecule has 0 unspecified atom stereocenters. The van der Waals surface area contributed by atoms with E-state index in [0.717, 1.165) is 10.9 Å². The second-order valence-electron chi connectivity index (χ2n) is 6.65. The highest BCUT2D eigenvalue weighted by atomic mass is 32.2. The summed E-state index contributed by atoms with van der Waals surface area (Å²) in [5.74, 6) is 0.0000502. The quantitative estimate of drug-likeness (QED) is 0.755. The van der Waals surface area contributed by atoms with Crippen molar-refractivity contribution in [3.63, 3.8) is 0 Å². The second-order valence-corrected chi connectivity index (χ2v) is 8.67. The summed E-state index contributed by atoms with van der Waals surface area (Å²) in [5.41, 5.74) is 2.15. The average molecular weight is 380 g/mol. The number of benzene rings is 3. The van der Waals surface area contributed by atoms with Crippen molar-refractivity contribution in [2.75, 3.05) is 16.6 Å². The van der Waals surface area contributed by atoms with Gasteiger partial charge >= 0.3 is 0 Å². The van der Waals surface area contributed by atoms with E-state index in [2.05, 4.69) is 17.4 Å². The van der Waals surface area contributed by atoms with E-state index in [0.29, 0.717) is 30.8 Å². The van der Waals surface area contributed by atoms with Gasteiger partial charge in [0, 0.05) is 18.7 Å². The fraction of sp³-hybridized carbons (Fsp3) is 0.190. The maximum atomic E-state index is 12.4. The molecule has 0 bridgehead atoms. The summed E-state index contributed by atoms with van der Waals surface area (Å²) >= 11 is 0. The van der Waals surface area contributed by atoms with E-state index in [1.807, 2.05) is 30.3 Å². The van der Waals surface area contributed by atoms with E-state index in [4.69, 9.17) is 0 Å². The minimum absolute atomic E-state index is 0.181. The predicted octanol–water partition coefficient (Wildman–Crippen LogP) is 3.31. The number of carbonyl (C=O) groups excluding carboxylic acids is 1. The number of fused-ring (bicyclic) bond motifs is 1. The molecule has 0 atom stereocenters. The van der Waals surface area contributed by atoms with Crippen molar-refractivity contribution in [2.24, 2.45) is 0 Å². The molecular weight excluding hydrogens is 360 g/mol. The van der Waals surface area contributed by atoms with Gasteiger partial charge in [0.05, 0.1) is 11.4 Å². The zero-order chi connectivity index (χ0) is 18.9. The summed E-state index contributed by atoms with van der Waals surface area (Å²) in [6, 6.07) is 20.9. The molecule has 138 valence electrons. The number of sulfonamides is 1. The van der Waals surface area contributed by atoms with Gasteiger partial charge in [-0.1, -0.05) is 36.4 Å². The smallest absolute Gasteiger partial charge is 0.251 e. The first-order valence-electron chi connectivity index (χ1n) is 8.89. The van der Waals surface area contributed by atoms with Gasteiger partial charge in [0.1, 0.15) is 0 Å². The van der Waals surface area contributed by atoms with Crippen LogP contribution < -0.4 is 9.62 Å². The summed E-state index contributed by atoms with van der Waals surface area (Å²) in [4.78, 5) is 12.4. The minimum atomic E-state index is -3.20. The monoisotopic (exact) mass is 380 g/mol. The Labute approximate surface area is 158 Å². The van der Waals surface area contributed by atoms with Gasteiger partial charge in [0.2, 0.25) is 10.0 Å². The van der Waals surface area contributed by atoms with Gasteiger partial charge in [-0.15, -0.1) is 0 Å². The van der Waals surface area contributed by atoms with Crippen molar-refractivity contribution in [1.29, 1.82) is 0 Å². The molecule has 1 fully saturated rings. The third kappa shape index (κ3) is 3.66. The van der Waals surface area contributed by atoms with Crippen LogP contribution in [0.25, 0.3) is 10.8 Å². The molecule has 0 saturated carbocycles. The summed E-state index contributed by atoms with van der Waals surface area (Å²) in [6.45, 7) is 0.932. The van der Waals surface area contributed by atoms with Gasteiger partial charge in [-0.3, -0.25) is 9.10 Å². The van der Waals surface area contributed by atoms with Crippen LogP contribution in [0.2, 0.25) is 0 Å². The van der Waals surface area contributed by atoms with Crippen molar-refractivity contribution >= 4 is 32.4 Å². The van der Waals surface area contributed by atoms with Gasteiger partial charge in [0.15, 0.2) is 0 Å². The SMILES string of the molecule is O=C(NCc1ccc2ccccc2c1)c1ccc(N2CCCS2(=O)=O)cc1. The Hall–Kier alpha value is -2.86. The summed E-state index contributed by atoms with van der Waals surface area (Å²) in [5, 5.41) is 5.22. The van der Waals surface area contributed by atoms with Crippen LogP contribution in [0.1, 0.15) is 22.3 Å². The first kappa shape index (κ1) is 17.5. The molecule has 1 N–H and O–H groups in total. The van der Waals surface area contributed by atoms with Crippen molar-refractivity contribution in [3.05, 3.63) is 77.9 Å². The van der Waals surface area contributed by atoms with Gasteiger partial charge in [-0.2, -0.15) is 0 Å².